The van der Waals surface area contributed by atoms with Crippen molar-refractivity contribution in [2.45, 2.75) is 29.2 Å². The van der Waals surface area contributed by atoms with E-state index in [0.717, 1.165) is 34.7 Å². The standard InChI is InChI=1S/C12H12F3IN2O4/c1-6(17-11(20)10(16)12(13,14)15)9(19)7-2-4-8(5-3-7)18(21)22/h2-6,9-10,19H,1H3,(H,17,20)/t6-,9?,10?/m1/s1. The molecule has 3 atom stereocenters. The van der Waals surface area contributed by atoms with Crippen molar-refractivity contribution in [3.63, 3.8) is 0 Å². The van der Waals surface area contributed by atoms with Crippen LogP contribution in [-0.2, 0) is 4.79 Å². The zero-order valence-corrected chi connectivity index (χ0v) is 13.3. The lowest BCUT2D eigenvalue weighted by Gasteiger charge is -2.22. The van der Waals surface area contributed by atoms with E-state index in [1.807, 2.05) is 0 Å². The molecule has 6 nitrogen and oxygen atoms in total. The van der Waals surface area contributed by atoms with Crippen molar-refractivity contribution in [1.82, 2.24) is 5.32 Å². The van der Waals surface area contributed by atoms with Crippen LogP contribution in [0.4, 0.5) is 18.9 Å². The molecule has 0 aliphatic heterocycles. The van der Waals surface area contributed by atoms with Gasteiger partial charge in [-0.2, -0.15) is 13.2 Å². The van der Waals surface area contributed by atoms with Crippen molar-refractivity contribution in [2.75, 3.05) is 0 Å². The van der Waals surface area contributed by atoms with Gasteiger partial charge in [-0.25, -0.2) is 0 Å². The number of benzene rings is 1. The monoisotopic (exact) mass is 432 g/mol. The van der Waals surface area contributed by atoms with Crippen LogP contribution in [0.5, 0.6) is 0 Å². The van der Waals surface area contributed by atoms with Crippen molar-refractivity contribution in [2.24, 2.45) is 0 Å². The number of halogens is 4. The quantitative estimate of drug-likeness (QED) is 0.324. The van der Waals surface area contributed by atoms with Crippen LogP contribution in [0.15, 0.2) is 24.3 Å². The van der Waals surface area contributed by atoms with E-state index in [9.17, 15) is 33.2 Å². The number of rotatable bonds is 5. The van der Waals surface area contributed by atoms with Gasteiger partial charge in [0.2, 0.25) is 5.91 Å². The highest BCUT2D eigenvalue weighted by molar-refractivity contribution is 14.1. The van der Waals surface area contributed by atoms with Gasteiger partial charge in [-0.15, -0.1) is 0 Å². The number of alkyl halides is 4. The van der Waals surface area contributed by atoms with Gasteiger partial charge in [0, 0.05) is 12.1 Å². The van der Waals surface area contributed by atoms with E-state index in [1.165, 1.54) is 19.1 Å². The van der Waals surface area contributed by atoms with Gasteiger partial charge in [0.15, 0.2) is 3.92 Å². The molecule has 0 bridgehead atoms. The lowest BCUT2D eigenvalue weighted by atomic mass is 10.0. The molecule has 0 fully saturated rings. The first-order valence-electron chi connectivity index (χ1n) is 5.97. The SMILES string of the molecule is C[C@@H](NC(=O)C(I)C(F)(F)F)C(O)c1ccc([N+](=O)[O-])cc1. The molecule has 0 aliphatic carbocycles. The highest BCUT2D eigenvalue weighted by Crippen LogP contribution is 2.27. The molecule has 0 saturated carbocycles. The maximum absolute atomic E-state index is 12.4. The summed E-state index contributed by atoms with van der Waals surface area (Å²) in [5, 5.41) is 22.6. The Labute approximate surface area is 137 Å². The largest absolute Gasteiger partial charge is 0.409 e. The lowest BCUT2D eigenvalue weighted by Crippen LogP contribution is -2.45. The molecule has 0 saturated heterocycles. The van der Waals surface area contributed by atoms with Gasteiger partial charge < -0.3 is 10.4 Å². The fourth-order valence-electron chi connectivity index (χ4n) is 1.61. The van der Waals surface area contributed by atoms with E-state index < -0.39 is 33.1 Å². The van der Waals surface area contributed by atoms with Crippen LogP contribution < -0.4 is 5.32 Å². The first kappa shape index (κ1) is 18.6. The van der Waals surface area contributed by atoms with Crippen molar-refractivity contribution in [1.29, 1.82) is 0 Å². The minimum Gasteiger partial charge on any atom is -0.386 e. The van der Waals surface area contributed by atoms with E-state index >= 15 is 0 Å². The summed E-state index contributed by atoms with van der Waals surface area (Å²) >= 11 is 0.964. The van der Waals surface area contributed by atoms with Crippen molar-refractivity contribution in [3.05, 3.63) is 39.9 Å². The average molecular weight is 432 g/mol. The molecule has 1 amide bonds. The molecule has 0 radical (unpaired) electrons. The molecule has 0 spiro atoms. The minimum absolute atomic E-state index is 0.183. The van der Waals surface area contributed by atoms with Crippen molar-refractivity contribution >= 4 is 34.2 Å². The number of carbonyl (C=O) groups excluding carboxylic acids is 1. The number of nitro benzene ring substituents is 1. The predicted molar refractivity (Wildman–Crippen MR) is 79.5 cm³/mol. The van der Waals surface area contributed by atoms with E-state index in [2.05, 4.69) is 5.32 Å². The number of hydrogen-bond donors (Lipinski definition) is 2. The van der Waals surface area contributed by atoms with Gasteiger partial charge in [-0.3, -0.25) is 14.9 Å². The predicted octanol–water partition coefficient (Wildman–Crippen LogP) is 2.50. The third-order valence-electron chi connectivity index (χ3n) is 2.81. The van der Waals surface area contributed by atoms with Crippen LogP contribution in [0, 0.1) is 10.1 Å². The molecule has 0 aliphatic rings. The van der Waals surface area contributed by atoms with Crippen molar-refractivity contribution in [3.8, 4) is 0 Å². The third-order valence-corrected chi connectivity index (χ3v) is 4.08. The second-order valence-electron chi connectivity index (χ2n) is 4.49. The maximum Gasteiger partial charge on any atom is 0.409 e. The normalized spacial score (nSPS) is 15.7. The van der Waals surface area contributed by atoms with Gasteiger partial charge in [0.25, 0.3) is 5.69 Å². The summed E-state index contributed by atoms with van der Waals surface area (Å²) < 4.78 is 35.0. The molecule has 122 valence electrons. The number of non-ortho nitro benzene ring substituents is 1. The van der Waals surface area contributed by atoms with Crippen LogP contribution in [0.1, 0.15) is 18.6 Å². The zero-order chi connectivity index (χ0) is 17.1. The van der Waals surface area contributed by atoms with E-state index in [0.29, 0.717) is 0 Å². The molecule has 10 heteroatoms. The van der Waals surface area contributed by atoms with Gasteiger partial charge in [0.1, 0.15) is 0 Å². The summed E-state index contributed by atoms with van der Waals surface area (Å²) in [5.74, 6) is -1.26. The lowest BCUT2D eigenvalue weighted by molar-refractivity contribution is -0.384. The van der Waals surface area contributed by atoms with Gasteiger partial charge in [0.05, 0.1) is 17.1 Å². The molecule has 1 aromatic rings. The summed E-state index contributed by atoms with van der Waals surface area (Å²) in [7, 11) is 0. The number of aliphatic hydroxyl groups is 1. The summed E-state index contributed by atoms with van der Waals surface area (Å²) in [6, 6.07) is 3.87. The second kappa shape index (κ2) is 7.22. The van der Waals surface area contributed by atoms with E-state index in [1.54, 1.807) is 0 Å². The second-order valence-corrected chi connectivity index (χ2v) is 5.74. The molecular weight excluding hydrogens is 420 g/mol. The highest BCUT2D eigenvalue weighted by atomic mass is 127. The van der Waals surface area contributed by atoms with Gasteiger partial charge >= 0.3 is 6.18 Å². The Hall–Kier alpha value is -1.43. The van der Waals surface area contributed by atoms with Gasteiger partial charge in [-0.1, -0.05) is 22.6 Å². The Kier molecular flexibility index (Phi) is 6.11. The third kappa shape index (κ3) is 4.80. The Morgan fingerprint density at radius 1 is 1.36 bits per heavy atom. The van der Waals surface area contributed by atoms with E-state index in [-0.39, 0.29) is 11.3 Å². The summed E-state index contributed by atoms with van der Waals surface area (Å²) in [4.78, 5) is 21.3. The number of aliphatic hydroxyl groups excluding tert-OH is 1. The molecule has 0 heterocycles. The fraction of sp³-hybridized carbons (Fsp3) is 0.417. The maximum atomic E-state index is 12.4. The minimum atomic E-state index is -4.68. The smallest absolute Gasteiger partial charge is 0.386 e. The Bertz CT molecular complexity index is 550. The molecule has 1 rings (SSSR count). The number of nitro groups is 1. The Morgan fingerprint density at radius 2 is 1.86 bits per heavy atom. The molecule has 22 heavy (non-hydrogen) atoms. The summed E-state index contributed by atoms with van der Waals surface area (Å²) in [6.45, 7) is 1.34. The first-order valence-corrected chi connectivity index (χ1v) is 7.22. The Balaban J connectivity index is 2.74. The number of amides is 1. The number of hydrogen-bond acceptors (Lipinski definition) is 4. The van der Waals surface area contributed by atoms with Crippen LogP contribution >= 0.6 is 22.6 Å². The van der Waals surface area contributed by atoms with Crippen LogP contribution in [0.25, 0.3) is 0 Å². The van der Waals surface area contributed by atoms with E-state index in [4.69, 9.17) is 0 Å². The van der Waals surface area contributed by atoms with Crippen LogP contribution in [0.2, 0.25) is 0 Å². The number of carbonyl (C=O) groups is 1. The summed E-state index contributed by atoms with van der Waals surface area (Å²) in [5.41, 5.74) is 0.0625. The molecule has 2 unspecified atom stereocenters. The molecular formula is C12H12F3IN2O4. The number of nitrogens with one attached hydrogen (secondary N) is 1. The molecule has 0 aromatic heterocycles. The topological polar surface area (TPSA) is 92.5 Å². The first-order chi connectivity index (χ1) is 10.0. The fourth-order valence-corrected chi connectivity index (χ4v) is 1.79. The number of nitrogens with zero attached hydrogens (tertiary/aromatic N) is 1. The molecule has 1 aromatic carbocycles. The Morgan fingerprint density at radius 3 is 2.27 bits per heavy atom. The van der Waals surface area contributed by atoms with Gasteiger partial charge in [-0.05, 0) is 24.6 Å². The zero-order valence-electron chi connectivity index (χ0n) is 11.2. The van der Waals surface area contributed by atoms with Crippen LogP contribution in [0.3, 0.4) is 0 Å². The average Bonchev–Trinajstić information content (AvgIpc) is 2.44. The highest BCUT2D eigenvalue weighted by Gasteiger charge is 2.43. The summed E-state index contributed by atoms with van der Waals surface area (Å²) in [6.07, 6.45) is -5.97. The van der Waals surface area contributed by atoms with Crippen molar-refractivity contribution < 1.29 is 28.0 Å². The van der Waals surface area contributed by atoms with Crippen LogP contribution in [-0.4, -0.2) is 32.1 Å². The molecule has 2 N–H and O–H groups in total.